The van der Waals surface area contributed by atoms with Gasteiger partial charge in [0, 0.05) is 11.4 Å². The van der Waals surface area contributed by atoms with Gasteiger partial charge in [0.2, 0.25) is 0 Å². The molecule has 0 spiro atoms. The Morgan fingerprint density at radius 3 is 2.48 bits per heavy atom. The summed E-state index contributed by atoms with van der Waals surface area (Å²) < 4.78 is 15.1. The van der Waals surface area contributed by atoms with E-state index in [9.17, 15) is 9.18 Å². The molecule has 0 radical (unpaired) electrons. The van der Waals surface area contributed by atoms with Crippen LogP contribution < -0.4 is 11.1 Å². The lowest BCUT2D eigenvalue weighted by Crippen LogP contribution is -2.13. The topological polar surface area (TPSA) is 60.0 Å². The van der Waals surface area contributed by atoms with E-state index < -0.39 is 0 Å². The molecule has 7 heteroatoms. The van der Waals surface area contributed by atoms with E-state index in [1.54, 1.807) is 4.57 Å². The van der Waals surface area contributed by atoms with Crippen LogP contribution in [-0.4, -0.2) is 10.5 Å². The number of halogens is 1. The standard InChI is InChI=1S/C18H16FN3OS2/c1-10-3-8-14(9-11(10)2)22-16(20)15(25-18(22)24)17(23)21-13-6-4-12(19)5-7-13/h3-9H,20H2,1-2H3,(H,21,23). The summed E-state index contributed by atoms with van der Waals surface area (Å²) in [4.78, 5) is 12.8. The van der Waals surface area contributed by atoms with Gasteiger partial charge in [0.1, 0.15) is 16.5 Å². The zero-order valence-electron chi connectivity index (χ0n) is 13.7. The van der Waals surface area contributed by atoms with Crippen molar-refractivity contribution in [1.29, 1.82) is 0 Å². The number of thiazole rings is 1. The van der Waals surface area contributed by atoms with Gasteiger partial charge in [0.15, 0.2) is 3.95 Å². The largest absolute Gasteiger partial charge is 0.383 e. The third-order valence-corrected chi connectivity index (χ3v) is 5.29. The van der Waals surface area contributed by atoms with Crippen LogP contribution in [0.3, 0.4) is 0 Å². The normalized spacial score (nSPS) is 10.7. The highest BCUT2D eigenvalue weighted by Crippen LogP contribution is 2.28. The molecule has 0 atom stereocenters. The molecule has 0 unspecified atom stereocenters. The van der Waals surface area contributed by atoms with E-state index in [0.717, 1.165) is 22.6 Å². The maximum atomic E-state index is 13.0. The molecule has 128 valence electrons. The van der Waals surface area contributed by atoms with Gasteiger partial charge >= 0.3 is 0 Å². The number of hydrogen-bond acceptors (Lipinski definition) is 4. The second-order valence-electron chi connectivity index (χ2n) is 5.65. The number of carbonyl (C=O) groups is 1. The first-order valence-corrected chi connectivity index (χ1v) is 8.75. The van der Waals surface area contributed by atoms with Crippen LogP contribution in [0, 0.1) is 23.6 Å². The van der Waals surface area contributed by atoms with Gasteiger partial charge < -0.3 is 11.1 Å². The number of nitrogens with zero attached hydrogens (tertiary/aromatic N) is 1. The SMILES string of the molecule is Cc1ccc(-n2c(N)c(C(=O)Nc3ccc(F)cc3)sc2=S)cc1C. The van der Waals surface area contributed by atoms with Gasteiger partial charge in [-0.1, -0.05) is 17.4 Å². The molecule has 2 aromatic carbocycles. The van der Waals surface area contributed by atoms with E-state index >= 15 is 0 Å². The lowest BCUT2D eigenvalue weighted by molar-refractivity contribution is 0.103. The van der Waals surface area contributed by atoms with Crippen LogP contribution in [0.1, 0.15) is 20.8 Å². The van der Waals surface area contributed by atoms with Crippen molar-refractivity contribution in [3.8, 4) is 5.69 Å². The number of nitrogens with two attached hydrogens (primary N) is 1. The minimum atomic E-state index is -0.372. The molecule has 25 heavy (non-hydrogen) atoms. The molecule has 0 aliphatic carbocycles. The van der Waals surface area contributed by atoms with Gasteiger partial charge in [-0.15, -0.1) is 0 Å². The lowest BCUT2D eigenvalue weighted by Gasteiger charge is -2.09. The highest BCUT2D eigenvalue weighted by molar-refractivity contribution is 7.73. The molecule has 0 saturated heterocycles. The van der Waals surface area contributed by atoms with Gasteiger partial charge in [-0.05, 0) is 73.6 Å². The number of aromatic nitrogens is 1. The van der Waals surface area contributed by atoms with Gasteiger partial charge in [-0.3, -0.25) is 9.36 Å². The van der Waals surface area contributed by atoms with E-state index in [-0.39, 0.29) is 17.5 Å². The molecule has 0 aliphatic heterocycles. The smallest absolute Gasteiger partial charge is 0.269 e. The average Bonchev–Trinajstić information content (AvgIpc) is 2.87. The van der Waals surface area contributed by atoms with Crippen LogP contribution in [0.5, 0.6) is 0 Å². The Kier molecular flexibility index (Phi) is 4.69. The first kappa shape index (κ1) is 17.3. The van der Waals surface area contributed by atoms with Crippen molar-refractivity contribution >= 4 is 41.0 Å². The number of nitrogens with one attached hydrogen (secondary N) is 1. The van der Waals surface area contributed by atoms with Gasteiger partial charge in [0.25, 0.3) is 5.91 Å². The van der Waals surface area contributed by atoms with E-state index in [2.05, 4.69) is 5.32 Å². The molecule has 0 fully saturated rings. The number of benzene rings is 2. The van der Waals surface area contributed by atoms with E-state index in [0.29, 0.717) is 14.5 Å². The van der Waals surface area contributed by atoms with Crippen LogP contribution in [0.15, 0.2) is 42.5 Å². The van der Waals surface area contributed by atoms with Crippen LogP contribution >= 0.6 is 23.6 Å². The molecule has 0 aliphatic rings. The van der Waals surface area contributed by atoms with Crippen molar-refractivity contribution in [3.05, 3.63) is 68.2 Å². The van der Waals surface area contributed by atoms with Crippen molar-refractivity contribution in [2.24, 2.45) is 0 Å². The number of amides is 1. The summed E-state index contributed by atoms with van der Waals surface area (Å²) in [5, 5.41) is 2.70. The zero-order valence-corrected chi connectivity index (χ0v) is 15.3. The Balaban J connectivity index is 1.96. The summed E-state index contributed by atoms with van der Waals surface area (Å²) >= 11 is 6.53. The molecule has 4 nitrogen and oxygen atoms in total. The van der Waals surface area contributed by atoms with Crippen LogP contribution in [0.25, 0.3) is 5.69 Å². The summed E-state index contributed by atoms with van der Waals surface area (Å²) in [6.07, 6.45) is 0. The number of hydrogen-bond donors (Lipinski definition) is 2. The first-order chi connectivity index (χ1) is 11.9. The third kappa shape index (κ3) is 3.47. The fourth-order valence-corrected chi connectivity index (χ4v) is 3.64. The van der Waals surface area contributed by atoms with Gasteiger partial charge in [-0.2, -0.15) is 0 Å². The molecule has 3 N–H and O–H groups in total. The maximum absolute atomic E-state index is 13.0. The number of carbonyl (C=O) groups excluding carboxylic acids is 1. The first-order valence-electron chi connectivity index (χ1n) is 7.52. The average molecular weight is 373 g/mol. The Morgan fingerprint density at radius 1 is 1.16 bits per heavy atom. The predicted octanol–water partition coefficient (Wildman–Crippen LogP) is 4.86. The molecular weight excluding hydrogens is 357 g/mol. The Morgan fingerprint density at radius 2 is 1.84 bits per heavy atom. The minimum Gasteiger partial charge on any atom is -0.383 e. The van der Waals surface area contributed by atoms with Crippen molar-refractivity contribution < 1.29 is 9.18 Å². The summed E-state index contributed by atoms with van der Waals surface area (Å²) in [7, 11) is 0. The molecule has 0 bridgehead atoms. The maximum Gasteiger partial charge on any atom is 0.269 e. The van der Waals surface area contributed by atoms with Crippen LogP contribution in [0.4, 0.5) is 15.9 Å². The number of rotatable bonds is 3. The van der Waals surface area contributed by atoms with Crippen LogP contribution in [-0.2, 0) is 0 Å². The summed E-state index contributed by atoms with van der Waals surface area (Å²) in [5.74, 6) is -0.449. The Hall–Kier alpha value is -2.51. The van der Waals surface area contributed by atoms with Crippen molar-refractivity contribution in [2.45, 2.75) is 13.8 Å². The fourth-order valence-electron chi connectivity index (χ4n) is 2.38. The zero-order chi connectivity index (χ0) is 18.1. The Labute approximate surface area is 153 Å². The predicted molar refractivity (Wildman–Crippen MR) is 103 cm³/mol. The fraction of sp³-hybridized carbons (Fsp3) is 0.111. The lowest BCUT2D eigenvalue weighted by atomic mass is 10.1. The molecule has 1 amide bonds. The molecule has 3 rings (SSSR count). The molecular formula is C18H16FN3OS2. The highest BCUT2D eigenvalue weighted by atomic mass is 32.1. The second-order valence-corrected chi connectivity index (χ2v) is 7.29. The van der Waals surface area contributed by atoms with Gasteiger partial charge in [0.05, 0.1) is 0 Å². The molecule has 0 saturated carbocycles. The summed E-state index contributed by atoms with van der Waals surface area (Å²) in [6, 6.07) is 11.4. The Bertz CT molecular complexity index is 1010. The monoisotopic (exact) mass is 373 g/mol. The van der Waals surface area contributed by atoms with E-state index in [4.69, 9.17) is 18.0 Å². The molecule has 1 aromatic heterocycles. The van der Waals surface area contributed by atoms with Crippen molar-refractivity contribution in [3.63, 3.8) is 0 Å². The summed E-state index contributed by atoms with van der Waals surface area (Å²) in [5.41, 5.74) is 9.78. The van der Waals surface area contributed by atoms with Crippen molar-refractivity contribution in [1.82, 2.24) is 4.57 Å². The quantitative estimate of drug-likeness (QED) is 0.645. The minimum absolute atomic E-state index is 0.290. The third-order valence-electron chi connectivity index (χ3n) is 3.90. The number of aryl methyl sites for hydroxylation is 2. The molecule has 1 heterocycles. The van der Waals surface area contributed by atoms with Gasteiger partial charge in [-0.25, -0.2) is 4.39 Å². The molecule has 3 aromatic rings. The second kappa shape index (κ2) is 6.78. The number of anilines is 2. The summed E-state index contributed by atoms with van der Waals surface area (Å²) in [6.45, 7) is 4.03. The highest BCUT2D eigenvalue weighted by Gasteiger charge is 2.18. The number of nitrogen functional groups attached to an aromatic ring is 1. The van der Waals surface area contributed by atoms with E-state index in [1.165, 1.54) is 29.8 Å². The van der Waals surface area contributed by atoms with E-state index in [1.807, 2.05) is 32.0 Å². The van der Waals surface area contributed by atoms with Crippen LogP contribution in [0.2, 0.25) is 0 Å². The van der Waals surface area contributed by atoms with Crippen molar-refractivity contribution in [2.75, 3.05) is 11.1 Å².